The molecule has 0 aromatic heterocycles. The zero-order chi connectivity index (χ0) is 19.7. The van der Waals surface area contributed by atoms with Gasteiger partial charge in [-0.2, -0.15) is 0 Å². The van der Waals surface area contributed by atoms with Crippen LogP contribution in [0.25, 0.3) is 0 Å². The van der Waals surface area contributed by atoms with E-state index in [0.29, 0.717) is 24.5 Å². The van der Waals surface area contributed by atoms with Crippen LogP contribution in [0, 0.1) is 0 Å². The number of methoxy groups -OCH3 is 1. The molecular formula is C21H22ClN3O3. The van der Waals surface area contributed by atoms with Crippen LogP contribution in [-0.4, -0.2) is 56.0 Å². The number of ether oxygens (including phenoxy) is 1. The fourth-order valence-corrected chi connectivity index (χ4v) is 4.16. The molecule has 0 radical (unpaired) electrons. The van der Waals surface area contributed by atoms with Gasteiger partial charge < -0.3 is 9.64 Å². The van der Waals surface area contributed by atoms with Gasteiger partial charge >= 0.3 is 0 Å². The maximum Gasteiger partial charge on any atom is 0.251 e. The summed E-state index contributed by atoms with van der Waals surface area (Å²) in [4.78, 5) is 31.2. The van der Waals surface area contributed by atoms with Crippen molar-refractivity contribution in [1.82, 2.24) is 4.90 Å². The molecule has 2 aromatic rings. The summed E-state index contributed by atoms with van der Waals surface area (Å²) in [5.74, 6) is 0.288. The normalized spacial score (nSPS) is 20.7. The Bertz CT molecular complexity index is 896. The van der Waals surface area contributed by atoms with Gasteiger partial charge in [0.1, 0.15) is 5.75 Å². The zero-order valence-electron chi connectivity index (χ0n) is 15.7. The van der Waals surface area contributed by atoms with Gasteiger partial charge in [0.15, 0.2) is 0 Å². The number of rotatable bonds is 4. The van der Waals surface area contributed by atoms with E-state index >= 15 is 0 Å². The van der Waals surface area contributed by atoms with E-state index in [1.807, 2.05) is 24.3 Å². The lowest BCUT2D eigenvalue weighted by Crippen LogP contribution is -2.52. The third kappa shape index (κ3) is 3.45. The van der Waals surface area contributed by atoms with Gasteiger partial charge in [-0.05, 0) is 24.3 Å². The first-order chi connectivity index (χ1) is 13.6. The Morgan fingerprint density at radius 3 is 2.46 bits per heavy atom. The summed E-state index contributed by atoms with van der Waals surface area (Å²) < 4.78 is 5.22. The Morgan fingerprint density at radius 2 is 1.75 bits per heavy atom. The first kappa shape index (κ1) is 18.8. The smallest absolute Gasteiger partial charge is 0.251 e. The second kappa shape index (κ2) is 7.81. The SMILES string of the molecule is COc1cccc(N2C(=O)CC(N3CCN(c4ccccc4Cl)CC3)C2=O)c1. The van der Waals surface area contributed by atoms with Crippen LogP contribution in [-0.2, 0) is 9.59 Å². The third-order valence-corrected chi connectivity index (χ3v) is 5.70. The van der Waals surface area contributed by atoms with Crippen molar-refractivity contribution >= 4 is 34.8 Å². The molecule has 6 nitrogen and oxygen atoms in total. The molecule has 7 heteroatoms. The maximum atomic E-state index is 13.0. The number of piperazine rings is 1. The first-order valence-electron chi connectivity index (χ1n) is 9.33. The number of carbonyl (C=O) groups excluding carboxylic acids is 2. The molecule has 2 aliphatic heterocycles. The van der Waals surface area contributed by atoms with Crippen LogP contribution >= 0.6 is 11.6 Å². The lowest BCUT2D eigenvalue weighted by Gasteiger charge is -2.38. The van der Waals surface area contributed by atoms with Gasteiger partial charge in [0.25, 0.3) is 5.91 Å². The summed E-state index contributed by atoms with van der Waals surface area (Å²) in [5, 5.41) is 0.729. The van der Waals surface area contributed by atoms with Gasteiger partial charge in [-0.15, -0.1) is 0 Å². The average molecular weight is 400 g/mol. The Balaban J connectivity index is 1.45. The van der Waals surface area contributed by atoms with Gasteiger partial charge in [-0.3, -0.25) is 14.5 Å². The number of benzene rings is 2. The molecule has 0 spiro atoms. The van der Waals surface area contributed by atoms with Gasteiger partial charge in [0, 0.05) is 32.2 Å². The van der Waals surface area contributed by atoms with Crippen LogP contribution in [0.4, 0.5) is 11.4 Å². The van der Waals surface area contributed by atoms with E-state index in [1.54, 1.807) is 31.4 Å². The largest absolute Gasteiger partial charge is 0.497 e. The molecule has 2 heterocycles. The van der Waals surface area contributed by atoms with E-state index in [2.05, 4.69) is 9.80 Å². The molecule has 4 rings (SSSR count). The van der Waals surface area contributed by atoms with E-state index in [4.69, 9.17) is 16.3 Å². The highest BCUT2D eigenvalue weighted by Crippen LogP contribution is 2.30. The van der Waals surface area contributed by atoms with Crippen molar-refractivity contribution < 1.29 is 14.3 Å². The van der Waals surface area contributed by atoms with Crippen LogP contribution < -0.4 is 14.5 Å². The van der Waals surface area contributed by atoms with Crippen molar-refractivity contribution in [3.8, 4) is 5.75 Å². The minimum absolute atomic E-state index is 0.163. The summed E-state index contributed by atoms with van der Waals surface area (Å²) >= 11 is 6.30. The number of hydrogen-bond donors (Lipinski definition) is 0. The molecule has 2 aliphatic rings. The van der Waals surface area contributed by atoms with Crippen molar-refractivity contribution in [2.24, 2.45) is 0 Å². The molecule has 2 fully saturated rings. The fraction of sp³-hybridized carbons (Fsp3) is 0.333. The minimum Gasteiger partial charge on any atom is -0.497 e. The summed E-state index contributed by atoms with van der Waals surface area (Å²) in [6.45, 7) is 2.95. The van der Waals surface area contributed by atoms with E-state index in [9.17, 15) is 9.59 Å². The number of carbonyl (C=O) groups is 2. The fourth-order valence-electron chi connectivity index (χ4n) is 3.90. The number of halogens is 1. The highest BCUT2D eigenvalue weighted by Gasteiger charge is 2.43. The minimum atomic E-state index is -0.410. The summed E-state index contributed by atoms with van der Waals surface area (Å²) in [6, 6.07) is 14.4. The van der Waals surface area contributed by atoms with Gasteiger partial charge in [0.2, 0.25) is 5.91 Å². The number of nitrogens with zero attached hydrogens (tertiary/aromatic N) is 3. The van der Waals surface area contributed by atoms with Crippen LogP contribution in [0.1, 0.15) is 6.42 Å². The molecule has 146 valence electrons. The van der Waals surface area contributed by atoms with Crippen molar-refractivity contribution in [2.45, 2.75) is 12.5 Å². The van der Waals surface area contributed by atoms with Crippen LogP contribution in [0.3, 0.4) is 0 Å². The number of anilines is 2. The van der Waals surface area contributed by atoms with E-state index in [0.717, 1.165) is 23.8 Å². The average Bonchev–Trinajstić information content (AvgIpc) is 3.02. The molecule has 1 unspecified atom stereocenters. The molecule has 0 bridgehead atoms. The number of hydrogen-bond acceptors (Lipinski definition) is 5. The lowest BCUT2D eigenvalue weighted by atomic mass is 10.1. The molecule has 2 saturated heterocycles. The highest BCUT2D eigenvalue weighted by atomic mass is 35.5. The Morgan fingerprint density at radius 1 is 1.00 bits per heavy atom. The third-order valence-electron chi connectivity index (χ3n) is 5.38. The van der Waals surface area contributed by atoms with Crippen LogP contribution in [0.15, 0.2) is 48.5 Å². The summed E-state index contributed by atoms with van der Waals surface area (Å²) in [6.07, 6.45) is 0.210. The van der Waals surface area contributed by atoms with Crippen molar-refractivity contribution in [1.29, 1.82) is 0 Å². The Hall–Kier alpha value is -2.57. The van der Waals surface area contributed by atoms with Gasteiger partial charge in [0.05, 0.1) is 36.0 Å². The summed E-state index contributed by atoms with van der Waals surface area (Å²) in [7, 11) is 1.56. The maximum absolute atomic E-state index is 13.0. The Labute approximate surface area is 169 Å². The van der Waals surface area contributed by atoms with E-state index < -0.39 is 6.04 Å². The molecular weight excluding hydrogens is 378 g/mol. The molecule has 2 aromatic carbocycles. The molecule has 1 atom stereocenters. The van der Waals surface area contributed by atoms with Crippen LogP contribution in [0.2, 0.25) is 5.02 Å². The Kier molecular flexibility index (Phi) is 5.24. The summed E-state index contributed by atoms with van der Waals surface area (Å²) in [5.41, 5.74) is 1.57. The second-order valence-corrected chi connectivity index (χ2v) is 7.37. The molecule has 2 amide bonds. The topological polar surface area (TPSA) is 53.1 Å². The van der Waals surface area contributed by atoms with Gasteiger partial charge in [-0.25, -0.2) is 4.90 Å². The molecule has 28 heavy (non-hydrogen) atoms. The second-order valence-electron chi connectivity index (χ2n) is 6.96. The standard InChI is InChI=1S/C21H22ClN3O3/c1-28-16-6-4-5-15(13-16)25-20(26)14-19(21(25)27)24-11-9-23(10-12-24)18-8-3-2-7-17(18)22/h2-8,13,19H,9-12,14H2,1H3. The number of imide groups is 1. The predicted octanol–water partition coefficient (Wildman–Crippen LogP) is 2.80. The first-order valence-corrected chi connectivity index (χ1v) is 9.70. The number of amides is 2. The number of para-hydroxylation sites is 1. The molecule has 0 aliphatic carbocycles. The quantitative estimate of drug-likeness (QED) is 0.740. The highest BCUT2D eigenvalue weighted by molar-refractivity contribution is 6.33. The monoisotopic (exact) mass is 399 g/mol. The zero-order valence-corrected chi connectivity index (χ0v) is 16.4. The predicted molar refractivity (Wildman–Crippen MR) is 109 cm³/mol. The van der Waals surface area contributed by atoms with Gasteiger partial charge in [-0.1, -0.05) is 29.8 Å². The van der Waals surface area contributed by atoms with E-state index in [-0.39, 0.29) is 18.2 Å². The van der Waals surface area contributed by atoms with Crippen molar-refractivity contribution in [2.75, 3.05) is 43.1 Å². The van der Waals surface area contributed by atoms with Crippen molar-refractivity contribution in [3.63, 3.8) is 0 Å². The molecule has 0 N–H and O–H groups in total. The van der Waals surface area contributed by atoms with Crippen molar-refractivity contribution in [3.05, 3.63) is 53.6 Å². The molecule has 0 saturated carbocycles. The van der Waals surface area contributed by atoms with Crippen LogP contribution in [0.5, 0.6) is 5.75 Å². The lowest BCUT2D eigenvalue weighted by molar-refractivity contribution is -0.123. The van der Waals surface area contributed by atoms with E-state index in [1.165, 1.54) is 4.90 Å².